The summed E-state index contributed by atoms with van der Waals surface area (Å²) in [5.74, 6) is 0.255. The molecule has 1 atom stereocenters. The third-order valence-corrected chi connectivity index (χ3v) is 7.66. The fourth-order valence-electron chi connectivity index (χ4n) is 4.09. The fourth-order valence-corrected chi connectivity index (χ4v) is 5.34. The SMILES string of the molecule is CCOC(=O)c1ccc(N=C2SC(C(=O)Nc3ccc(Cl)cc3)CC(=O)N2CCc2ccc(OC)c(OC)c2)cc1. The van der Waals surface area contributed by atoms with Gasteiger partial charge in [-0.05, 0) is 79.6 Å². The molecule has 0 bridgehead atoms. The highest BCUT2D eigenvalue weighted by Gasteiger charge is 2.36. The molecule has 1 saturated heterocycles. The zero-order valence-electron chi connectivity index (χ0n) is 22.9. The van der Waals surface area contributed by atoms with Crippen LogP contribution in [-0.4, -0.2) is 60.5 Å². The third kappa shape index (κ3) is 7.80. The van der Waals surface area contributed by atoms with Crippen molar-refractivity contribution < 1.29 is 28.6 Å². The number of anilines is 1. The number of hydrogen-bond donors (Lipinski definition) is 1. The molecule has 3 aromatic carbocycles. The van der Waals surface area contributed by atoms with Gasteiger partial charge in [0.05, 0.1) is 32.1 Å². The molecule has 1 fully saturated rings. The van der Waals surface area contributed by atoms with Crippen molar-refractivity contribution in [1.29, 1.82) is 0 Å². The highest BCUT2D eigenvalue weighted by Crippen LogP contribution is 2.32. The number of nitrogens with one attached hydrogen (secondary N) is 1. The maximum absolute atomic E-state index is 13.4. The van der Waals surface area contributed by atoms with Crippen molar-refractivity contribution in [1.82, 2.24) is 4.90 Å². The van der Waals surface area contributed by atoms with Gasteiger partial charge in [-0.25, -0.2) is 9.79 Å². The smallest absolute Gasteiger partial charge is 0.338 e. The summed E-state index contributed by atoms with van der Waals surface area (Å²) in [7, 11) is 3.14. The van der Waals surface area contributed by atoms with Crippen LogP contribution in [0, 0.1) is 0 Å². The number of carbonyl (C=O) groups excluding carboxylic acids is 3. The van der Waals surface area contributed by atoms with E-state index in [1.54, 1.807) is 74.6 Å². The number of amidine groups is 1. The lowest BCUT2D eigenvalue weighted by Crippen LogP contribution is -2.46. The largest absolute Gasteiger partial charge is 0.493 e. The fraction of sp³-hybridized carbons (Fsp3) is 0.267. The molecule has 9 nitrogen and oxygen atoms in total. The van der Waals surface area contributed by atoms with Crippen molar-refractivity contribution in [3.8, 4) is 11.5 Å². The number of nitrogens with zero attached hydrogens (tertiary/aromatic N) is 2. The monoisotopic (exact) mass is 595 g/mol. The minimum absolute atomic E-state index is 0.0108. The number of ether oxygens (including phenoxy) is 3. The Balaban J connectivity index is 1.57. The number of rotatable bonds is 10. The molecule has 0 spiro atoms. The number of aliphatic imine (C=N–C) groups is 1. The van der Waals surface area contributed by atoms with Gasteiger partial charge < -0.3 is 19.5 Å². The molecular weight excluding hydrogens is 566 g/mol. The van der Waals surface area contributed by atoms with Crippen LogP contribution in [-0.2, 0) is 20.7 Å². The average Bonchev–Trinajstić information content (AvgIpc) is 2.98. The Hall–Kier alpha value is -4.02. The molecule has 0 aliphatic carbocycles. The van der Waals surface area contributed by atoms with E-state index in [1.807, 2.05) is 18.2 Å². The molecule has 2 amide bonds. The molecule has 1 unspecified atom stereocenters. The van der Waals surface area contributed by atoms with Crippen molar-refractivity contribution in [2.45, 2.75) is 25.0 Å². The first-order valence-corrected chi connectivity index (χ1v) is 14.2. The predicted octanol–water partition coefficient (Wildman–Crippen LogP) is 5.74. The highest BCUT2D eigenvalue weighted by molar-refractivity contribution is 8.15. The molecule has 11 heteroatoms. The number of carbonyl (C=O) groups is 3. The number of halogens is 1. The molecule has 0 radical (unpaired) electrons. The van der Waals surface area contributed by atoms with Crippen LogP contribution in [0.1, 0.15) is 29.3 Å². The van der Waals surface area contributed by atoms with Gasteiger partial charge in [-0.15, -0.1) is 0 Å². The number of esters is 1. The lowest BCUT2D eigenvalue weighted by atomic mass is 10.1. The number of hydrogen-bond acceptors (Lipinski definition) is 8. The van der Waals surface area contributed by atoms with Gasteiger partial charge in [0.1, 0.15) is 5.25 Å². The molecule has 214 valence electrons. The van der Waals surface area contributed by atoms with Crippen LogP contribution in [0.4, 0.5) is 11.4 Å². The Morgan fingerprint density at radius 1 is 1.02 bits per heavy atom. The summed E-state index contributed by atoms with van der Waals surface area (Å²) in [6.45, 7) is 2.36. The Kier molecular flexibility index (Phi) is 10.3. The minimum Gasteiger partial charge on any atom is -0.493 e. The first kappa shape index (κ1) is 30.0. The maximum atomic E-state index is 13.4. The van der Waals surface area contributed by atoms with E-state index in [2.05, 4.69) is 5.32 Å². The number of amides is 2. The molecule has 1 aliphatic rings. The Bertz CT molecular complexity index is 1430. The van der Waals surface area contributed by atoms with Crippen LogP contribution in [0.15, 0.2) is 71.7 Å². The predicted molar refractivity (Wildman–Crippen MR) is 161 cm³/mol. The van der Waals surface area contributed by atoms with E-state index < -0.39 is 11.2 Å². The second-order valence-electron chi connectivity index (χ2n) is 8.95. The highest BCUT2D eigenvalue weighted by atomic mass is 35.5. The van der Waals surface area contributed by atoms with Gasteiger partial charge in [0, 0.05) is 23.7 Å². The van der Waals surface area contributed by atoms with E-state index in [0.29, 0.717) is 51.6 Å². The van der Waals surface area contributed by atoms with Crippen molar-refractivity contribution in [3.05, 3.63) is 82.9 Å². The van der Waals surface area contributed by atoms with Crippen molar-refractivity contribution >= 4 is 57.7 Å². The third-order valence-electron chi connectivity index (χ3n) is 6.22. The summed E-state index contributed by atoms with van der Waals surface area (Å²) in [5, 5.41) is 3.11. The normalized spacial score (nSPS) is 15.9. The van der Waals surface area contributed by atoms with Crippen LogP contribution < -0.4 is 14.8 Å². The summed E-state index contributed by atoms with van der Waals surface area (Å²) in [5.41, 5.74) is 2.45. The lowest BCUT2D eigenvalue weighted by Gasteiger charge is -2.32. The van der Waals surface area contributed by atoms with Crippen molar-refractivity contribution in [2.24, 2.45) is 4.99 Å². The summed E-state index contributed by atoms with van der Waals surface area (Å²) >= 11 is 7.17. The zero-order chi connectivity index (χ0) is 29.4. The van der Waals surface area contributed by atoms with Crippen LogP contribution in [0.3, 0.4) is 0 Å². The Morgan fingerprint density at radius 2 is 1.73 bits per heavy atom. The summed E-state index contributed by atoms with van der Waals surface area (Å²) in [4.78, 5) is 44.9. The standard InChI is InChI=1S/C30H30ClN3O6S/c1-4-40-29(37)20-6-10-23(11-7-20)33-30-34(16-15-19-5-14-24(38-2)25(17-19)39-3)27(35)18-26(41-30)28(36)32-22-12-8-21(31)9-13-22/h5-14,17,26H,4,15-16,18H2,1-3H3,(H,32,36). The van der Waals surface area contributed by atoms with Crippen LogP contribution >= 0.6 is 23.4 Å². The summed E-state index contributed by atoms with van der Waals surface area (Å²) in [6.07, 6.45) is 0.534. The number of thioether (sulfide) groups is 1. The van der Waals surface area contributed by atoms with E-state index in [1.165, 1.54) is 11.8 Å². The molecule has 4 rings (SSSR count). The number of methoxy groups -OCH3 is 2. The van der Waals surface area contributed by atoms with Crippen molar-refractivity contribution in [2.75, 3.05) is 32.7 Å². The Morgan fingerprint density at radius 3 is 2.39 bits per heavy atom. The molecule has 0 saturated carbocycles. The van der Waals surface area contributed by atoms with Gasteiger partial charge in [-0.1, -0.05) is 29.4 Å². The van der Waals surface area contributed by atoms with Gasteiger partial charge in [-0.3, -0.25) is 14.5 Å². The molecule has 1 N–H and O–H groups in total. The summed E-state index contributed by atoms with van der Waals surface area (Å²) in [6, 6.07) is 18.9. The summed E-state index contributed by atoms with van der Waals surface area (Å²) < 4.78 is 15.8. The topological polar surface area (TPSA) is 107 Å². The van der Waals surface area contributed by atoms with Gasteiger partial charge in [0.15, 0.2) is 16.7 Å². The molecular formula is C30H30ClN3O6S. The van der Waals surface area contributed by atoms with E-state index in [4.69, 9.17) is 30.8 Å². The van der Waals surface area contributed by atoms with E-state index >= 15 is 0 Å². The van der Waals surface area contributed by atoms with Gasteiger partial charge >= 0.3 is 5.97 Å². The van der Waals surface area contributed by atoms with E-state index in [0.717, 1.165) is 5.56 Å². The molecule has 0 aromatic heterocycles. The van der Waals surface area contributed by atoms with E-state index in [-0.39, 0.29) is 24.8 Å². The first-order chi connectivity index (χ1) is 19.8. The molecule has 41 heavy (non-hydrogen) atoms. The van der Waals surface area contributed by atoms with Crippen LogP contribution in [0.2, 0.25) is 5.02 Å². The number of benzene rings is 3. The van der Waals surface area contributed by atoms with Crippen LogP contribution in [0.25, 0.3) is 0 Å². The minimum atomic E-state index is -0.687. The quantitative estimate of drug-likeness (QED) is 0.298. The van der Waals surface area contributed by atoms with E-state index in [9.17, 15) is 14.4 Å². The second kappa shape index (κ2) is 14.0. The van der Waals surface area contributed by atoms with Gasteiger partial charge in [0.25, 0.3) is 0 Å². The maximum Gasteiger partial charge on any atom is 0.338 e. The van der Waals surface area contributed by atoms with Gasteiger partial charge in [0.2, 0.25) is 11.8 Å². The zero-order valence-corrected chi connectivity index (χ0v) is 24.5. The molecule has 1 heterocycles. The molecule has 3 aromatic rings. The molecule has 1 aliphatic heterocycles. The van der Waals surface area contributed by atoms with Crippen LogP contribution in [0.5, 0.6) is 11.5 Å². The Labute approximate surface area is 247 Å². The second-order valence-corrected chi connectivity index (χ2v) is 10.6. The lowest BCUT2D eigenvalue weighted by molar-refractivity contribution is -0.129. The van der Waals surface area contributed by atoms with Gasteiger partial charge in [-0.2, -0.15) is 0 Å². The average molecular weight is 596 g/mol. The first-order valence-electron chi connectivity index (χ1n) is 12.9. The van der Waals surface area contributed by atoms with Crippen molar-refractivity contribution in [3.63, 3.8) is 0 Å².